The van der Waals surface area contributed by atoms with Crippen molar-refractivity contribution in [2.24, 2.45) is 0 Å². The summed E-state index contributed by atoms with van der Waals surface area (Å²) in [6.07, 6.45) is 5.58. The normalized spacial score (nSPS) is 17.7. The number of hydrogen-bond donors (Lipinski definition) is 0. The van der Waals surface area contributed by atoms with Gasteiger partial charge in [-0.2, -0.15) is 0 Å². The molecule has 2 heterocycles. The fourth-order valence-electron chi connectivity index (χ4n) is 11.5. The van der Waals surface area contributed by atoms with E-state index in [0.717, 1.165) is 39.1 Å². The molecule has 1 unspecified atom stereocenters. The van der Waals surface area contributed by atoms with Crippen molar-refractivity contribution < 1.29 is 0 Å². The third-order valence-corrected chi connectivity index (χ3v) is 13.8. The van der Waals surface area contributed by atoms with Gasteiger partial charge in [-0.3, -0.25) is 9.80 Å². The highest BCUT2D eigenvalue weighted by molar-refractivity contribution is 6.34. The van der Waals surface area contributed by atoms with E-state index < -0.39 is 0 Å². The summed E-state index contributed by atoms with van der Waals surface area (Å²) < 4.78 is 0. The molecule has 0 fully saturated rings. The lowest BCUT2D eigenvalue weighted by Gasteiger charge is -2.36. The maximum atomic E-state index is 2.80. The van der Waals surface area contributed by atoms with Gasteiger partial charge in [0.1, 0.15) is 0 Å². The van der Waals surface area contributed by atoms with E-state index in [4.69, 9.17) is 0 Å². The van der Waals surface area contributed by atoms with Gasteiger partial charge in [0.15, 0.2) is 0 Å². The molecule has 0 N–H and O–H groups in total. The molecule has 9 aromatic carbocycles. The highest BCUT2D eigenvalue weighted by Gasteiger charge is 2.35. The third kappa shape index (κ3) is 5.11. The standard InChI is InChI=1S/C56H46N2/c1-3-12-38-16-11-22-48-50(38)35(2)29-44-31-57(30-41-26-23-36-13-7-8-19-45(36)53(41)54(44)48)34-49(37-14-5-4-6-15-37)58-32-42-27-24-39-17-9-20-46-47-21-10-18-40-25-28-43(33-58)56(52(40)47)55(42)51(39)46/h3-28,35,49H,29-34H2,1-2H3/b12-3+/t35?,49-/m0/s1. The predicted octanol–water partition coefficient (Wildman–Crippen LogP) is 13.8. The van der Waals surface area contributed by atoms with Crippen LogP contribution in [0.2, 0.25) is 0 Å². The van der Waals surface area contributed by atoms with Crippen molar-refractivity contribution in [1.29, 1.82) is 0 Å². The molecule has 0 aromatic heterocycles. The van der Waals surface area contributed by atoms with Gasteiger partial charge in [0.05, 0.1) is 0 Å². The van der Waals surface area contributed by atoms with E-state index in [1.54, 1.807) is 5.57 Å². The molecular formula is C56H46N2. The average molecular weight is 747 g/mol. The minimum absolute atomic E-state index is 0.193. The number of rotatable bonds is 5. The molecule has 280 valence electrons. The quantitative estimate of drug-likeness (QED) is 0.128. The SMILES string of the molecule is C/C=C/c1cccc2c1C(C)CC1=C2c2c(ccc3ccccc23)CN(C[C@@H](c2ccccc2)N2Cc3ccc4cccc5c6cccc7ccc(c(c3c45)c76)C2)C1. The van der Waals surface area contributed by atoms with Crippen molar-refractivity contribution in [3.8, 4) is 0 Å². The maximum absolute atomic E-state index is 2.80. The van der Waals surface area contributed by atoms with Crippen LogP contribution in [-0.4, -0.2) is 22.9 Å². The van der Waals surface area contributed by atoms with Crippen molar-refractivity contribution in [2.45, 2.75) is 51.9 Å². The van der Waals surface area contributed by atoms with Gasteiger partial charge in [-0.25, -0.2) is 0 Å². The zero-order valence-corrected chi connectivity index (χ0v) is 33.3. The number of benzene rings is 9. The molecule has 0 bridgehead atoms. The Labute approximate surface area is 340 Å². The Morgan fingerprint density at radius 2 is 1.19 bits per heavy atom. The smallest absolute Gasteiger partial charge is 0.0482 e. The van der Waals surface area contributed by atoms with Crippen LogP contribution in [0.1, 0.15) is 76.7 Å². The van der Waals surface area contributed by atoms with Gasteiger partial charge in [0.25, 0.3) is 0 Å². The molecule has 2 nitrogen and oxygen atoms in total. The van der Waals surface area contributed by atoms with Crippen LogP contribution in [0, 0.1) is 0 Å². The van der Waals surface area contributed by atoms with Crippen LogP contribution >= 0.6 is 0 Å². The fraction of sp³-hybridized carbons (Fsp3) is 0.179. The zero-order chi connectivity index (χ0) is 38.5. The van der Waals surface area contributed by atoms with Crippen LogP contribution in [0.25, 0.3) is 65.5 Å². The van der Waals surface area contributed by atoms with E-state index in [0.29, 0.717) is 5.92 Å². The lowest BCUT2D eigenvalue weighted by molar-refractivity contribution is 0.127. The van der Waals surface area contributed by atoms with Gasteiger partial charge in [-0.1, -0.05) is 165 Å². The van der Waals surface area contributed by atoms with E-state index in [9.17, 15) is 0 Å². The number of nitrogens with zero attached hydrogens (tertiary/aromatic N) is 2. The summed E-state index contributed by atoms with van der Waals surface area (Å²) in [5, 5.41) is 13.9. The summed E-state index contributed by atoms with van der Waals surface area (Å²) in [4.78, 5) is 5.60. The van der Waals surface area contributed by atoms with Gasteiger partial charge >= 0.3 is 0 Å². The average Bonchev–Trinajstić information content (AvgIpc) is 3.53. The molecule has 0 radical (unpaired) electrons. The minimum Gasteiger partial charge on any atom is -0.293 e. The van der Waals surface area contributed by atoms with Crippen LogP contribution in [0.5, 0.6) is 0 Å². The third-order valence-electron chi connectivity index (χ3n) is 13.8. The summed E-state index contributed by atoms with van der Waals surface area (Å²) >= 11 is 0. The van der Waals surface area contributed by atoms with Gasteiger partial charge < -0.3 is 0 Å². The Balaban J connectivity index is 1.02. The first-order valence-corrected chi connectivity index (χ1v) is 21.2. The first kappa shape index (κ1) is 34.0. The molecular weight excluding hydrogens is 701 g/mol. The lowest BCUT2D eigenvalue weighted by atomic mass is 9.74. The molecule has 3 aliphatic rings. The molecule has 9 aromatic rings. The molecule has 12 rings (SSSR count). The second kappa shape index (κ2) is 13.2. The number of hydrogen-bond acceptors (Lipinski definition) is 2. The first-order chi connectivity index (χ1) is 28.6. The van der Waals surface area contributed by atoms with Crippen molar-refractivity contribution in [1.82, 2.24) is 9.80 Å². The van der Waals surface area contributed by atoms with Crippen LogP contribution in [0.15, 0.2) is 157 Å². The monoisotopic (exact) mass is 746 g/mol. The number of allylic oxidation sites excluding steroid dienone is 1. The van der Waals surface area contributed by atoms with E-state index in [-0.39, 0.29) is 6.04 Å². The van der Waals surface area contributed by atoms with Gasteiger partial charge in [-0.05, 0) is 129 Å². The Bertz CT molecular complexity index is 3070. The summed E-state index contributed by atoms with van der Waals surface area (Å²) in [6, 6.07) is 55.8. The van der Waals surface area contributed by atoms with Crippen LogP contribution in [0.3, 0.4) is 0 Å². The molecule has 0 spiro atoms. The zero-order valence-electron chi connectivity index (χ0n) is 33.3. The molecule has 1 aliphatic carbocycles. The highest BCUT2D eigenvalue weighted by Crippen LogP contribution is 2.49. The van der Waals surface area contributed by atoms with E-state index in [2.05, 4.69) is 181 Å². The summed E-state index contributed by atoms with van der Waals surface area (Å²) in [6.45, 7) is 9.21. The Hall–Kier alpha value is -6.06. The second-order valence-electron chi connectivity index (χ2n) is 17.2. The molecule has 2 aliphatic heterocycles. The van der Waals surface area contributed by atoms with Gasteiger partial charge in [0, 0.05) is 38.8 Å². The maximum Gasteiger partial charge on any atom is 0.0482 e. The van der Waals surface area contributed by atoms with Crippen molar-refractivity contribution in [3.05, 3.63) is 202 Å². The van der Waals surface area contributed by atoms with Crippen molar-refractivity contribution in [2.75, 3.05) is 13.1 Å². The van der Waals surface area contributed by atoms with Crippen LogP contribution in [0.4, 0.5) is 0 Å². The fourth-order valence-corrected chi connectivity index (χ4v) is 11.5. The highest BCUT2D eigenvalue weighted by atomic mass is 15.2. The van der Waals surface area contributed by atoms with E-state index in [1.165, 1.54) is 104 Å². The summed E-state index contributed by atoms with van der Waals surface area (Å²) in [5.74, 6) is 0.442. The summed E-state index contributed by atoms with van der Waals surface area (Å²) in [5.41, 5.74) is 14.5. The van der Waals surface area contributed by atoms with Gasteiger partial charge in [-0.15, -0.1) is 0 Å². The van der Waals surface area contributed by atoms with E-state index in [1.807, 2.05) is 0 Å². The lowest BCUT2D eigenvalue weighted by Crippen LogP contribution is -2.38. The summed E-state index contributed by atoms with van der Waals surface area (Å²) in [7, 11) is 0. The second-order valence-corrected chi connectivity index (χ2v) is 17.2. The van der Waals surface area contributed by atoms with Crippen LogP contribution in [-0.2, 0) is 19.6 Å². The topological polar surface area (TPSA) is 6.48 Å². The minimum atomic E-state index is 0.193. The largest absolute Gasteiger partial charge is 0.293 e. The molecule has 0 saturated carbocycles. The Morgan fingerprint density at radius 3 is 1.91 bits per heavy atom. The van der Waals surface area contributed by atoms with Crippen molar-refractivity contribution in [3.63, 3.8) is 0 Å². The number of fused-ring (bicyclic) bond motifs is 7. The molecule has 2 atom stereocenters. The molecule has 0 saturated heterocycles. The predicted molar refractivity (Wildman–Crippen MR) is 246 cm³/mol. The van der Waals surface area contributed by atoms with E-state index >= 15 is 0 Å². The molecule has 2 heteroatoms. The molecule has 0 amide bonds. The molecule has 58 heavy (non-hydrogen) atoms. The van der Waals surface area contributed by atoms with Crippen LogP contribution < -0.4 is 0 Å². The first-order valence-electron chi connectivity index (χ1n) is 21.2. The van der Waals surface area contributed by atoms with Gasteiger partial charge in [0.2, 0.25) is 0 Å². The van der Waals surface area contributed by atoms with Crippen molar-refractivity contribution >= 4 is 65.5 Å². The Kier molecular flexibility index (Phi) is 7.77. The Morgan fingerprint density at radius 1 is 0.569 bits per heavy atom.